The number of amides is 1. The average molecular weight is 392 g/mol. The molecule has 0 saturated heterocycles. The van der Waals surface area contributed by atoms with Crippen LogP contribution in [-0.2, 0) is 6.54 Å². The first-order valence-electron chi connectivity index (χ1n) is 9.28. The van der Waals surface area contributed by atoms with Gasteiger partial charge in [-0.3, -0.25) is 4.79 Å². The van der Waals surface area contributed by atoms with Gasteiger partial charge >= 0.3 is 0 Å². The van der Waals surface area contributed by atoms with Crippen molar-refractivity contribution in [3.05, 3.63) is 78.2 Å². The van der Waals surface area contributed by atoms with Crippen LogP contribution in [0, 0.1) is 0 Å². The van der Waals surface area contributed by atoms with E-state index >= 15 is 0 Å². The lowest BCUT2D eigenvalue weighted by molar-refractivity contribution is 0.0942. The van der Waals surface area contributed by atoms with E-state index < -0.39 is 0 Å². The topological polar surface area (TPSA) is 76.6 Å². The van der Waals surface area contributed by atoms with E-state index in [1.54, 1.807) is 13.2 Å². The summed E-state index contributed by atoms with van der Waals surface area (Å²) < 4.78 is 10.7. The smallest absolute Gasteiger partial charge is 0.270 e. The van der Waals surface area contributed by atoms with E-state index in [4.69, 9.17) is 9.47 Å². The summed E-state index contributed by atoms with van der Waals surface area (Å²) in [6.07, 6.45) is 1.40. The molecule has 0 aliphatic heterocycles. The van der Waals surface area contributed by atoms with Gasteiger partial charge in [0.25, 0.3) is 5.91 Å². The van der Waals surface area contributed by atoms with Crippen molar-refractivity contribution in [2.45, 2.75) is 6.54 Å². The third-order valence-electron chi connectivity index (χ3n) is 4.25. The summed E-state index contributed by atoms with van der Waals surface area (Å²) in [6.45, 7) is 1.41. The fourth-order valence-electron chi connectivity index (χ4n) is 2.71. The van der Waals surface area contributed by atoms with Crippen LogP contribution in [0.5, 0.6) is 11.5 Å². The molecule has 0 aliphatic carbocycles. The van der Waals surface area contributed by atoms with Crippen LogP contribution in [-0.4, -0.2) is 43.2 Å². The van der Waals surface area contributed by atoms with Crippen molar-refractivity contribution in [3.8, 4) is 11.5 Å². The molecule has 150 valence electrons. The predicted octanol–water partition coefficient (Wildman–Crippen LogP) is 2.93. The van der Waals surface area contributed by atoms with E-state index in [0.717, 1.165) is 11.3 Å². The lowest BCUT2D eigenvalue weighted by Crippen LogP contribution is -2.29. The van der Waals surface area contributed by atoms with Crippen LogP contribution in [0.4, 0.5) is 5.82 Å². The quantitative estimate of drug-likeness (QED) is 0.564. The molecule has 1 aromatic heterocycles. The number of anilines is 1. The van der Waals surface area contributed by atoms with Crippen molar-refractivity contribution in [3.63, 3.8) is 0 Å². The van der Waals surface area contributed by atoms with Crippen LogP contribution in [0.15, 0.2) is 67.0 Å². The van der Waals surface area contributed by atoms with Crippen LogP contribution in [0.25, 0.3) is 0 Å². The number of methoxy groups -OCH3 is 1. The molecule has 0 bridgehead atoms. The van der Waals surface area contributed by atoms with E-state index in [2.05, 4.69) is 15.3 Å². The maximum absolute atomic E-state index is 12.4. The number of hydrogen-bond acceptors (Lipinski definition) is 6. The first-order chi connectivity index (χ1) is 14.2. The zero-order chi connectivity index (χ0) is 20.5. The van der Waals surface area contributed by atoms with E-state index in [-0.39, 0.29) is 5.91 Å². The Labute approximate surface area is 170 Å². The fraction of sp³-hybridized carbons (Fsp3) is 0.227. The first kappa shape index (κ1) is 20.1. The second-order valence-corrected chi connectivity index (χ2v) is 6.38. The van der Waals surface area contributed by atoms with Crippen LogP contribution >= 0.6 is 0 Å². The zero-order valence-corrected chi connectivity index (χ0v) is 16.5. The Morgan fingerprint density at radius 1 is 1.03 bits per heavy atom. The predicted molar refractivity (Wildman–Crippen MR) is 111 cm³/mol. The highest BCUT2D eigenvalue weighted by Crippen LogP contribution is 2.17. The molecule has 1 heterocycles. The van der Waals surface area contributed by atoms with Crippen LogP contribution < -0.4 is 19.7 Å². The van der Waals surface area contributed by atoms with Gasteiger partial charge in [0, 0.05) is 19.7 Å². The molecule has 1 N–H and O–H groups in total. The number of rotatable bonds is 9. The molecule has 0 atom stereocenters. The van der Waals surface area contributed by atoms with Gasteiger partial charge in [0.05, 0.1) is 13.7 Å². The maximum atomic E-state index is 12.4. The van der Waals surface area contributed by atoms with Gasteiger partial charge in [-0.1, -0.05) is 30.3 Å². The van der Waals surface area contributed by atoms with Crippen molar-refractivity contribution in [2.24, 2.45) is 0 Å². The van der Waals surface area contributed by atoms with Gasteiger partial charge in [-0.25, -0.2) is 9.97 Å². The molecule has 29 heavy (non-hydrogen) atoms. The lowest BCUT2D eigenvalue weighted by atomic mass is 10.2. The number of carbonyl (C=O) groups is 1. The SMILES string of the molecule is COc1ccc(OCCNC(=O)c2cc(N(C)Cc3ccccc3)ncn2)cc1. The molecule has 0 saturated carbocycles. The number of benzene rings is 2. The number of aromatic nitrogens is 2. The Kier molecular flexibility index (Phi) is 7.00. The number of nitrogens with zero attached hydrogens (tertiary/aromatic N) is 3. The second kappa shape index (κ2) is 10.1. The summed E-state index contributed by atoms with van der Waals surface area (Å²) in [4.78, 5) is 22.7. The summed E-state index contributed by atoms with van der Waals surface area (Å²) >= 11 is 0. The fourth-order valence-corrected chi connectivity index (χ4v) is 2.71. The number of hydrogen-bond donors (Lipinski definition) is 1. The minimum atomic E-state index is -0.264. The van der Waals surface area contributed by atoms with Gasteiger partial charge in [-0.05, 0) is 29.8 Å². The molecular formula is C22H24N4O3. The Balaban J connectivity index is 1.49. The van der Waals surface area contributed by atoms with Crippen molar-refractivity contribution in [1.82, 2.24) is 15.3 Å². The standard InChI is InChI=1S/C22H24N4O3/c1-26(15-17-6-4-3-5-7-17)21-14-20(24-16-25-21)22(27)23-12-13-29-19-10-8-18(28-2)9-11-19/h3-11,14,16H,12-13,15H2,1-2H3,(H,23,27). The largest absolute Gasteiger partial charge is 0.497 e. The molecule has 0 radical (unpaired) electrons. The normalized spacial score (nSPS) is 10.3. The third kappa shape index (κ3) is 5.93. The number of ether oxygens (including phenoxy) is 2. The molecule has 2 aromatic carbocycles. The van der Waals surface area contributed by atoms with Crippen molar-refractivity contribution >= 4 is 11.7 Å². The zero-order valence-electron chi connectivity index (χ0n) is 16.5. The molecule has 1 amide bonds. The Hall–Kier alpha value is -3.61. The summed E-state index contributed by atoms with van der Waals surface area (Å²) in [5, 5.41) is 2.81. The highest BCUT2D eigenvalue weighted by atomic mass is 16.5. The van der Waals surface area contributed by atoms with Gasteiger partial charge in [-0.15, -0.1) is 0 Å². The lowest BCUT2D eigenvalue weighted by Gasteiger charge is -2.18. The van der Waals surface area contributed by atoms with Crippen LogP contribution in [0.1, 0.15) is 16.1 Å². The van der Waals surface area contributed by atoms with E-state index in [1.807, 2.05) is 66.5 Å². The minimum Gasteiger partial charge on any atom is -0.497 e. The maximum Gasteiger partial charge on any atom is 0.270 e. The molecule has 3 rings (SSSR count). The van der Waals surface area contributed by atoms with Gasteiger partial charge in [0.1, 0.15) is 35.9 Å². The molecule has 0 unspecified atom stereocenters. The van der Waals surface area contributed by atoms with Crippen LogP contribution in [0.3, 0.4) is 0 Å². The highest BCUT2D eigenvalue weighted by molar-refractivity contribution is 5.92. The van der Waals surface area contributed by atoms with E-state index in [9.17, 15) is 4.79 Å². The van der Waals surface area contributed by atoms with Crippen molar-refractivity contribution in [2.75, 3.05) is 32.2 Å². The molecule has 0 spiro atoms. The van der Waals surface area contributed by atoms with E-state index in [1.165, 1.54) is 6.33 Å². The second-order valence-electron chi connectivity index (χ2n) is 6.38. The minimum absolute atomic E-state index is 0.264. The molecule has 0 fully saturated rings. The first-order valence-corrected chi connectivity index (χ1v) is 9.28. The summed E-state index contributed by atoms with van der Waals surface area (Å²) in [5.74, 6) is 1.90. The van der Waals surface area contributed by atoms with Gasteiger partial charge in [-0.2, -0.15) is 0 Å². The van der Waals surface area contributed by atoms with Gasteiger partial charge in [0.2, 0.25) is 0 Å². The van der Waals surface area contributed by atoms with Crippen LogP contribution in [0.2, 0.25) is 0 Å². The number of carbonyl (C=O) groups excluding carboxylic acids is 1. The van der Waals surface area contributed by atoms with Gasteiger partial charge < -0.3 is 19.7 Å². The Morgan fingerprint density at radius 3 is 2.48 bits per heavy atom. The third-order valence-corrected chi connectivity index (χ3v) is 4.25. The summed E-state index contributed by atoms with van der Waals surface area (Å²) in [5.41, 5.74) is 1.48. The molecular weight excluding hydrogens is 368 g/mol. The highest BCUT2D eigenvalue weighted by Gasteiger charge is 2.11. The molecule has 7 nitrogen and oxygen atoms in total. The Morgan fingerprint density at radius 2 is 1.76 bits per heavy atom. The van der Waals surface area contributed by atoms with Gasteiger partial charge in [0.15, 0.2) is 0 Å². The summed E-state index contributed by atoms with van der Waals surface area (Å²) in [7, 11) is 3.54. The van der Waals surface area contributed by atoms with Crippen molar-refractivity contribution in [1.29, 1.82) is 0 Å². The summed E-state index contributed by atoms with van der Waals surface area (Å²) in [6, 6.07) is 19.0. The average Bonchev–Trinajstić information content (AvgIpc) is 2.77. The monoisotopic (exact) mass is 392 g/mol. The molecule has 0 aliphatic rings. The number of nitrogens with one attached hydrogen (secondary N) is 1. The Bertz CT molecular complexity index is 917. The molecule has 7 heteroatoms. The van der Waals surface area contributed by atoms with Crippen molar-refractivity contribution < 1.29 is 14.3 Å². The molecule has 3 aromatic rings. The van der Waals surface area contributed by atoms with E-state index in [0.29, 0.717) is 37.0 Å².